The minimum absolute atomic E-state index is 0.103. The fourth-order valence-electron chi connectivity index (χ4n) is 1.36. The molecule has 1 N–H and O–H groups in total. The maximum atomic E-state index is 9.01. The highest BCUT2D eigenvalue weighted by Gasteiger charge is 2.03. The first-order valence-corrected chi connectivity index (χ1v) is 4.38. The molecule has 0 saturated carbocycles. The minimum atomic E-state index is -0.103. The van der Waals surface area contributed by atoms with E-state index in [-0.39, 0.29) is 6.61 Å². The molecule has 0 atom stereocenters. The SMILES string of the molecule is Cc1cccc(-n2cnnc2CO)c1. The number of aliphatic hydroxyl groups is 1. The Balaban J connectivity index is 2.49. The van der Waals surface area contributed by atoms with Gasteiger partial charge in [-0.3, -0.25) is 4.57 Å². The number of rotatable bonds is 2. The molecule has 0 saturated heterocycles. The van der Waals surface area contributed by atoms with Gasteiger partial charge in [-0.25, -0.2) is 0 Å². The highest BCUT2D eigenvalue weighted by Crippen LogP contribution is 2.11. The van der Waals surface area contributed by atoms with Crippen molar-refractivity contribution in [3.05, 3.63) is 42.0 Å². The van der Waals surface area contributed by atoms with Gasteiger partial charge in [0.2, 0.25) is 0 Å². The normalized spacial score (nSPS) is 10.4. The topological polar surface area (TPSA) is 50.9 Å². The van der Waals surface area contributed by atoms with E-state index in [1.54, 1.807) is 10.9 Å². The molecule has 0 unspecified atom stereocenters. The van der Waals surface area contributed by atoms with Gasteiger partial charge in [0.15, 0.2) is 5.82 Å². The molecule has 72 valence electrons. The summed E-state index contributed by atoms with van der Waals surface area (Å²) in [5.74, 6) is 0.551. The smallest absolute Gasteiger partial charge is 0.163 e. The van der Waals surface area contributed by atoms with E-state index in [4.69, 9.17) is 5.11 Å². The van der Waals surface area contributed by atoms with Gasteiger partial charge in [-0.2, -0.15) is 0 Å². The van der Waals surface area contributed by atoms with Crippen molar-refractivity contribution in [2.45, 2.75) is 13.5 Å². The predicted molar refractivity (Wildman–Crippen MR) is 52.0 cm³/mol. The van der Waals surface area contributed by atoms with E-state index in [2.05, 4.69) is 10.2 Å². The second kappa shape index (κ2) is 3.59. The lowest BCUT2D eigenvalue weighted by Crippen LogP contribution is -1.99. The van der Waals surface area contributed by atoms with Crippen LogP contribution in [0.3, 0.4) is 0 Å². The van der Waals surface area contributed by atoms with Crippen molar-refractivity contribution in [3.63, 3.8) is 0 Å². The molecule has 0 bridgehead atoms. The summed E-state index contributed by atoms with van der Waals surface area (Å²) >= 11 is 0. The zero-order valence-corrected chi connectivity index (χ0v) is 7.88. The van der Waals surface area contributed by atoms with E-state index in [1.807, 2.05) is 31.2 Å². The van der Waals surface area contributed by atoms with Crippen molar-refractivity contribution in [3.8, 4) is 5.69 Å². The van der Waals surface area contributed by atoms with Crippen LogP contribution >= 0.6 is 0 Å². The molecule has 1 heterocycles. The molecule has 0 radical (unpaired) electrons. The van der Waals surface area contributed by atoms with Gasteiger partial charge in [0.25, 0.3) is 0 Å². The van der Waals surface area contributed by atoms with Crippen LogP contribution in [-0.4, -0.2) is 19.9 Å². The van der Waals surface area contributed by atoms with E-state index in [9.17, 15) is 0 Å². The maximum absolute atomic E-state index is 9.01. The summed E-state index contributed by atoms with van der Waals surface area (Å²) in [6.07, 6.45) is 1.60. The number of benzene rings is 1. The molecule has 2 aromatic rings. The fourth-order valence-corrected chi connectivity index (χ4v) is 1.36. The first kappa shape index (κ1) is 8.90. The van der Waals surface area contributed by atoms with Gasteiger partial charge in [-0.05, 0) is 24.6 Å². The summed E-state index contributed by atoms with van der Waals surface area (Å²) in [7, 11) is 0. The van der Waals surface area contributed by atoms with E-state index in [0.717, 1.165) is 5.69 Å². The van der Waals surface area contributed by atoms with E-state index < -0.39 is 0 Å². The van der Waals surface area contributed by atoms with Crippen LogP contribution in [0.1, 0.15) is 11.4 Å². The van der Waals surface area contributed by atoms with Gasteiger partial charge in [0.1, 0.15) is 12.9 Å². The Kier molecular flexibility index (Phi) is 2.28. The van der Waals surface area contributed by atoms with Crippen LogP contribution < -0.4 is 0 Å². The molecule has 4 heteroatoms. The molecule has 0 aliphatic heterocycles. The first-order chi connectivity index (χ1) is 6.81. The van der Waals surface area contributed by atoms with Gasteiger partial charge >= 0.3 is 0 Å². The monoisotopic (exact) mass is 189 g/mol. The lowest BCUT2D eigenvalue weighted by Gasteiger charge is -2.04. The maximum Gasteiger partial charge on any atom is 0.163 e. The second-order valence-corrected chi connectivity index (χ2v) is 3.11. The van der Waals surface area contributed by atoms with Crippen LogP contribution in [0.4, 0.5) is 0 Å². The number of aliphatic hydroxyl groups excluding tert-OH is 1. The van der Waals surface area contributed by atoms with Crippen molar-refractivity contribution in [2.75, 3.05) is 0 Å². The van der Waals surface area contributed by atoms with E-state index >= 15 is 0 Å². The second-order valence-electron chi connectivity index (χ2n) is 3.11. The molecule has 14 heavy (non-hydrogen) atoms. The van der Waals surface area contributed by atoms with Crippen molar-refractivity contribution < 1.29 is 5.11 Å². The Morgan fingerprint density at radius 1 is 1.43 bits per heavy atom. The van der Waals surface area contributed by atoms with Gasteiger partial charge in [0, 0.05) is 5.69 Å². The third-order valence-corrected chi connectivity index (χ3v) is 2.04. The molecule has 0 aliphatic rings. The van der Waals surface area contributed by atoms with Crippen LogP contribution in [0.5, 0.6) is 0 Å². The molecule has 0 aliphatic carbocycles. The number of nitrogens with zero attached hydrogens (tertiary/aromatic N) is 3. The Morgan fingerprint density at radius 3 is 3.00 bits per heavy atom. The molecule has 0 fully saturated rings. The largest absolute Gasteiger partial charge is 0.388 e. The highest BCUT2D eigenvalue weighted by atomic mass is 16.3. The van der Waals surface area contributed by atoms with Gasteiger partial charge in [-0.1, -0.05) is 12.1 Å². The van der Waals surface area contributed by atoms with Gasteiger partial charge in [0.05, 0.1) is 0 Å². The summed E-state index contributed by atoms with van der Waals surface area (Å²) in [6, 6.07) is 7.95. The van der Waals surface area contributed by atoms with Crippen LogP contribution in [0.2, 0.25) is 0 Å². The van der Waals surface area contributed by atoms with Gasteiger partial charge in [-0.15, -0.1) is 10.2 Å². The Morgan fingerprint density at radius 2 is 2.29 bits per heavy atom. The van der Waals surface area contributed by atoms with E-state index in [0.29, 0.717) is 5.82 Å². The Hall–Kier alpha value is -1.68. The minimum Gasteiger partial charge on any atom is -0.388 e. The van der Waals surface area contributed by atoms with Gasteiger partial charge < -0.3 is 5.11 Å². The number of aryl methyl sites for hydroxylation is 1. The summed E-state index contributed by atoms with van der Waals surface area (Å²) in [4.78, 5) is 0. The standard InChI is InChI=1S/C10H11N3O/c1-8-3-2-4-9(5-8)13-7-11-12-10(13)6-14/h2-5,7,14H,6H2,1H3. The van der Waals surface area contributed by atoms with Crippen LogP contribution in [0.15, 0.2) is 30.6 Å². The molecular formula is C10H11N3O. The molecule has 1 aromatic carbocycles. The predicted octanol–water partition coefficient (Wildman–Crippen LogP) is 1.07. The number of aromatic nitrogens is 3. The quantitative estimate of drug-likeness (QED) is 0.768. The highest BCUT2D eigenvalue weighted by molar-refractivity contribution is 5.35. The zero-order valence-electron chi connectivity index (χ0n) is 7.88. The summed E-state index contributed by atoms with van der Waals surface area (Å²) < 4.78 is 1.77. The van der Waals surface area contributed by atoms with E-state index in [1.165, 1.54) is 5.56 Å². The van der Waals surface area contributed by atoms with Crippen molar-refractivity contribution in [2.24, 2.45) is 0 Å². The number of hydrogen-bond acceptors (Lipinski definition) is 3. The molecule has 2 rings (SSSR count). The Labute approximate surface area is 81.8 Å². The summed E-state index contributed by atoms with van der Waals surface area (Å²) in [5.41, 5.74) is 2.14. The summed E-state index contributed by atoms with van der Waals surface area (Å²) in [6.45, 7) is 1.92. The average Bonchev–Trinajstić information content (AvgIpc) is 2.65. The average molecular weight is 189 g/mol. The van der Waals surface area contributed by atoms with Crippen LogP contribution in [-0.2, 0) is 6.61 Å². The lowest BCUT2D eigenvalue weighted by molar-refractivity contribution is 0.269. The number of hydrogen-bond donors (Lipinski definition) is 1. The molecule has 0 amide bonds. The third kappa shape index (κ3) is 1.52. The van der Waals surface area contributed by atoms with Crippen molar-refractivity contribution >= 4 is 0 Å². The first-order valence-electron chi connectivity index (χ1n) is 4.38. The molecule has 4 nitrogen and oxygen atoms in total. The third-order valence-electron chi connectivity index (χ3n) is 2.04. The lowest BCUT2D eigenvalue weighted by atomic mass is 10.2. The molecule has 1 aromatic heterocycles. The molecular weight excluding hydrogens is 178 g/mol. The zero-order chi connectivity index (χ0) is 9.97. The van der Waals surface area contributed by atoms with Crippen LogP contribution in [0.25, 0.3) is 5.69 Å². The van der Waals surface area contributed by atoms with Crippen molar-refractivity contribution in [1.82, 2.24) is 14.8 Å². The fraction of sp³-hybridized carbons (Fsp3) is 0.200. The molecule has 0 spiro atoms. The van der Waals surface area contributed by atoms with Crippen molar-refractivity contribution in [1.29, 1.82) is 0 Å². The van der Waals surface area contributed by atoms with Crippen LogP contribution in [0, 0.1) is 6.92 Å². The Bertz CT molecular complexity index is 436. The summed E-state index contributed by atoms with van der Waals surface area (Å²) in [5, 5.41) is 16.6.